The Kier molecular flexibility index (Phi) is 3.53. The van der Waals surface area contributed by atoms with Gasteiger partial charge < -0.3 is 15.5 Å². The van der Waals surface area contributed by atoms with Crippen LogP contribution in [0.2, 0.25) is 0 Å². The minimum atomic E-state index is 0.616. The van der Waals surface area contributed by atoms with Crippen molar-refractivity contribution in [2.45, 2.75) is 19.3 Å². The first-order chi connectivity index (χ1) is 7.85. The summed E-state index contributed by atoms with van der Waals surface area (Å²) in [4.78, 5) is 8.78. The number of rotatable bonds is 5. The van der Waals surface area contributed by atoms with Crippen molar-refractivity contribution < 1.29 is 4.74 Å². The zero-order valence-electron chi connectivity index (χ0n) is 9.42. The quantitative estimate of drug-likeness (QED) is 0.378. The number of nitrogen functional groups attached to an aromatic ring is 1. The summed E-state index contributed by atoms with van der Waals surface area (Å²) in [5, 5.41) is 3.11. The number of ether oxygens (including phenoxy) is 1. The molecule has 6 nitrogen and oxygen atoms in total. The van der Waals surface area contributed by atoms with Crippen LogP contribution < -0.4 is 16.6 Å². The molecule has 0 aliphatic heterocycles. The minimum absolute atomic E-state index is 0.616. The Labute approximate surface area is 94.6 Å². The molecule has 0 saturated heterocycles. The Balaban J connectivity index is 2.14. The van der Waals surface area contributed by atoms with Gasteiger partial charge in [-0.25, -0.2) is 10.8 Å². The predicted molar refractivity (Wildman–Crippen MR) is 62.2 cm³/mol. The number of hydrazine groups is 1. The van der Waals surface area contributed by atoms with E-state index in [0.29, 0.717) is 19.1 Å². The van der Waals surface area contributed by atoms with E-state index in [4.69, 9.17) is 10.6 Å². The van der Waals surface area contributed by atoms with Gasteiger partial charge in [-0.1, -0.05) is 0 Å². The molecular weight excluding hydrogens is 206 g/mol. The molecule has 0 aromatic carbocycles. The van der Waals surface area contributed by atoms with E-state index >= 15 is 0 Å². The lowest BCUT2D eigenvalue weighted by molar-refractivity contribution is 0.210. The van der Waals surface area contributed by atoms with Crippen LogP contribution in [-0.4, -0.2) is 30.2 Å². The molecule has 0 saturated carbocycles. The average Bonchev–Trinajstić information content (AvgIpc) is 2.76. The van der Waals surface area contributed by atoms with Gasteiger partial charge in [0.15, 0.2) is 0 Å². The Hall–Kier alpha value is -1.40. The fraction of sp³-hybridized carbons (Fsp3) is 0.600. The summed E-state index contributed by atoms with van der Waals surface area (Å²) >= 11 is 0. The van der Waals surface area contributed by atoms with E-state index in [-0.39, 0.29) is 0 Å². The molecule has 1 aliphatic carbocycles. The van der Waals surface area contributed by atoms with Gasteiger partial charge in [-0.2, -0.15) is 4.98 Å². The average molecular weight is 223 g/mol. The zero-order valence-corrected chi connectivity index (χ0v) is 9.42. The molecular formula is C10H17N5O. The molecule has 4 N–H and O–H groups in total. The molecule has 0 spiro atoms. The summed E-state index contributed by atoms with van der Waals surface area (Å²) in [7, 11) is 1.66. The molecule has 0 unspecified atom stereocenters. The smallest absolute Gasteiger partial charge is 0.225 e. The highest BCUT2D eigenvalue weighted by Crippen LogP contribution is 2.26. The third-order valence-corrected chi connectivity index (χ3v) is 2.66. The van der Waals surface area contributed by atoms with Gasteiger partial charge in [-0.15, -0.1) is 0 Å². The SMILES string of the molecule is COCCNc1nc2c(c(NN)n1)CCC2. The highest BCUT2D eigenvalue weighted by Gasteiger charge is 2.18. The second-order valence-electron chi connectivity index (χ2n) is 3.74. The third-order valence-electron chi connectivity index (χ3n) is 2.66. The number of aryl methyl sites for hydroxylation is 1. The van der Waals surface area contributed by atoms with Gasteiger partial charge in [-0.05, 0) is 19.3 Å². The van der Waals surface area contributed by atoms with Crippen LogP contribution in [-0.2, 0) is 17.6 Å². The Morgan fingerprint density at radius 2 is 2.25 bits per heavy atom. The molecule has 16 heavy (non-hydrogen) atoms. The monoisotopic (exact) mass is 223 g/mol. The lowest BCUT2D eigenvalue weighted by atomic mass is 10.2. The van der Waals surface area contributed by atoms with Crippen molar-refractivity contribution in [2.24, 2.45) is 5.84 Å². The van der Waals surface area contributed by atoms with E-state index in [1.807, 2.05) is 0 Å². The first kappa shape index (κ1) is 11.1. The number of aromatic nitrogens is 2. The molecule has 6 heteroatoms. The van der Waals surface area contributed by atoms with Crippen LogP contribution in [0.5, 0.6) is 0 Å². The lowest BCUT2D eigenvalue weighted by Gasteiger charge is -2.10. The standard InChI is InChI=1S/C10H17N5O/c1-16-6-5-12-10-13-8-4-2-3-7(8)9(14-10)15-11/h2-6,11H2,1H3,(H2,12,13,14,15). The van der Waals surface area contributed by atoms with E-state index in [2.05, 4.69) is 20.7 Å². The minimum Gasteiger partial charge on any atom is -0.383 e. The van der Waals surface area contributed by atoms with Gasteiger partial charge >= 0.3 is 0 Å². The molecule has 0 atom stereocenters. The summed E-state index contributed by atoms with van der Waals surface area (Å²) in [6, 6.07) is 0. The molecule has 1 heterocycles. The molecule has 1 aromatic heterocycles. The Morgan fingerprint density at radius 1 is 1.38 bits per heavy atom. The van der Waals surface area contributed by atoms with Gasteiger partial charge in [0.05, 0.1) is 12.3 Å². The predicted octanol–water partition coefficient (Wildman–Crippen LogP) is 0.309. The van der Waals surface area contributed by atoms with E-state index in [9.17, 15) is 0 Å². The molecule has 0 amide bonds. The maximum absolute atomic E-state index is 5.45. The molecule has 0 radical (unpaired) electrons. The van der Waals surface area contributed by atoms with Crippen molar-refractivity contribution in [3.8, 4) is 0 Å². The normalized spacial score (nSPS) is 13.6. The molecule has 0 fully saturated rings. The number of nitrogens with zero attached hydrogens (tertiary/aromatic N) is 2. The third kappa shape index (κ3) is 2.23. The van der Waals surface area contributed by atoms with E-state index in [1.54, 1.807) is 7.11 Å². The number of nitrogens with one attached hydrogen (secondary N) is 2. The lowest BCUT2D eigenvalue weighted by Crippen LogP contribution is -2.16. The van der Waals surface area contributed by atoms with Crippen LogP contribution in [0.15, 0.2) is 0 Å². The number of nitrogens with two attached hydrogens (primary N) is 1. The highest BCUT2D eigenvalue weighted by atomic mass is 16.5. The van der Waals surface area contributed by atoms with Crippen LogP contribution in [0.4, 0.5) is 11.8 Å². The van der Waals surface area contributed by atoms with E-state index < -0.39 is 0 Å². The number of methoxy groups -OCH3 is 1. The fourth-order valence-electron chi connectivity index (χ4n) is 1.90. The molecule has 2 rings (SSSR count). The van der Waals surface area contributed by atoms with Crippen molar-refractivity contribution in [2.75, 3.05) is 31.0 Å². The largest absolute Gasteiger partial charge is 0.383 e. The number of fused-ring (bicyclic) bond motifs is 1. The first-order valence-corrected chi connectivity index (χ1v) is 5.44. The Morgan fingerprint density at radius 3 is 3.00 bits per heavy atom. The van der Waals surface area contributed by atoms with Crippen LogP contribution in [0.1, 0.15) is 17.7 Å². The maximum atomic E-state index is 5.45. The highest BCUT2D eigenvalue weighted by molar-refractivity contribution is 5.51. The van der Waals surface area contributed by atoms with Crippen LogP contribution in [0, 0.1) is 0 Å². The van der Waals surface area contributed by atoms with Gasteiger partial charge in [0.1, 0.15) is 5.82 Å². The van der Waals surface area contributed by atoms with Crippen LogP contribution in [0.3, 0.4) is 0 Å². The Bertz CT molecular complexity index is 368. The number of hydrogen-bond donors (Lipinski definition) is 3. The van der Waals surface area contributed by atoms with Crippen molar-refractivity contribution >= 4 is 11.8 Å². The summed E-state index contributed by atoms with van der Waals surface area (Å²) in [6.45, 7) is 1.32. The molecule has 0 bridgehead atoms. The first-order valence-electron chi connectivity index (χ1n) is 5.44. The van der Waals surface area contributed by atoms with Crippen molar-refractivity contribution in [3.63, 3.8) is 0 Å². The molecule has 88 valence electrons. The van der Waals surface area contributed by atoms with Crippen LogP contribution in [0.25, 0.3) is 0 Å². The van der Waals surface area contributed by atoms with Crippen molar-refractivity contribution in [1.82, 2.24) is 9.97 Å². The summed E-state index contributed by atoms with van der Waals surface area (Å²) < 4.78 is 4.95. The number of hydrogen-bond acceptors (Lipinski definition) is 6. The fourth-order valence-corrected chi connectivity index (χ4v) is 1.90. The van der Waals surface area contributed by atoms with E-state index in [1.165, 1.54) is 0 Å². The summed E-state index contributed by atoms with van der Waals surface area (Å²) in [5.74, 6) is 6.81. The molecule has 1 aromatic rings. The van der Waals surface area contributed by atoms with Gasteiger partial charge in [0.25, 0.3) is 0 Å². The summed E-state index contributed by atoms with van der Waals surface area (Å²) in [6.07, 6.45) is 3.14. The van der Waals surface area contributed by atoms with Gasteiger partial charge in [-0.3, -0.25) is 0 Å². The molecule has 1 aliphatic rings. The number of anilines is 2. The second-order valence-corrected chi connectivity index (χ2v) is 3.74. The zero-order chi connectivity index (χ0) is 11.4. The van der Waals surface area contributed by atoms with Gasteiger partial charge in [0.2, 0.25) is 5.95 Å². The topological polar surface area (TPSA) is 85.1 Å². The van der Waals surface area contributed by atoms with Crippen LogP contribution >= 0.6 is 0 Å². The summed E-state index contributed by atoms with van der Waals surface area (Å²) in [5.41, 5.74) is 4.89. The van der Waals surface area contributed by atoms with Crippen molar-refractivity contribution in [3.05, 3.63) is 11.3 Å². The van der Waals surface area contributed by atoms with Crippen molar-refractivity contribution in [1.29, 1.82) is 0 Å². The van der Waals surface area contributed by atoms with Gasteiger partial charge in [0, 0.05) is 19.2 Å². The second kappa shape index (κ2) is 5.09. The maximum Gasteiger partial charge on any atom is 0.225 e. The van der Waals surface area contributed by atoms with E-state index in [0.717, 1.165) is 36.3 Å².